The molecule has 0 saturated carbocycles. The van der Waals surface area contributed by atoms with Gasteiger partial charge in [0.05, 0.1) is 4.92 Å². The fourth-order valence-electron chi connectivity index (χ4n) is 1.27. The van der Waals surface area contributed by atoms with E-state index in [0.717, 1.165) is 6.07 Å². The Bertz CT molecular complexity index is 582. The number of sulfonamides is 1. The van der Waals surface area contributed by atoms with E-state index in [4.69, 9.17) is 0 Å². The fourth-order valence-corrected chi connectivity index (χ4v) is 2.90. The van der Waals surface area contributed by atoms with Crippen LogP contribution in [0.1, 0.15) is 6.92 Å². The first kappa shape index (κ1) is 19.3. The van der Waals surface area contributed by atoms with E-state index < -0.39 is 20.6 Å². The lowest BCUT2D eigenvalue weighted by Crippen LogP contribution is -2.37. The van der Waals surface area contributed by atoms with E-state index in [9.17, 15) is 18.5 Å². The quantitative estimate of drug-likeness (QED) is 0.570. The van der Waals surface area contributed by atoms with Gasteiger partial charge in [-0.15, -0.1) is 12.4 Å². The maximum Gasteiger partial charge on any atom is 0.290 e. The predicted molar refractivity (Wildman–Crippen MR) is 81.8 cm³/mol. The van der Waals surface area contributed by atoms with E-state index >= 15 is 0 Å². The lowest BCUT2D eigenvalue weighted by molar-refractivity contribution is -0.387. The van der Waals surface area contributed by atoms with Crippen LogP contribution in [0.5, 0.6) is 0 Å². The Morgan fingerprint density at radius 1 is 1.45 bits per heavy atom. The van der Waals surface area contributed by atoms with E-state index in [1.807, 2.05) is 0 Å². The summed E-state index contributed by atoms with van der Waals surface area (Å²) in [7, 11) is -2.21. The van der Waals surface area contributed by atoms with Gasteiger partial charge in [0.25, 0.3) is 5.69 Å². The molecule has 0 fully saturated rings. The molecule has 0 amide bonds. The molecule has 114 valence electrons. The topological polar surface area (TPSA) is 101 Å². The fraction of sp³-hybridized carbons (Fsp3) is 0.400. The molecule has 20 heavy (non-hydrogen) atoms. The van der Waals surface area contributed by atoms with Crippen LogP contribution in [0.15, 0.2) is 27.6 Å². The van der Waals surface area contributed by atoms with Crippen molar-refractivity contribution in [1.82, 2.24) is 10.0 Å². The lowest BCUT2D eigenvalue weighted by Gasteiger charge is -2.12. The minimum Gasteiger partial charge on any atom is -0.316 e. The standard InChI is InChI=1S/C10H14BrN3O4S.ClH/c1-7(12-2)6-13-19(17,18)10-4-3-8(11)5-9(10)14(15)16;/h3-5,7,12-13H,6H2,1-2H3;1H. The first-order valence-corrected chi connectivity index (χ1v) is 7.66. The Morgan fingerprint density at radius 3 is 2.55 bits per heavy atom. The van der Waals surface area contributed by atoms with Gasteiger partial charge in [-0.1, -0.05) is 15.9 Å². The van der Waals surface area contributed by atoms with Crippen LogP contribution in [0, 0.1) is 10.1 Å². The van der Waals surface area contributed by atoms with Crippen LogP contribution in [0.3, 0.4) is 0 Å². The van der Waals surface area contributed by atoms with Crippen molar-refractivity contribution < 1.29 is 13.3 Å². The van der Waals surface area contributed by atoms with Crippen molar-refractivity contribution >= 4 is 44.0 Å². The van der Waals surface area contributed by atoms with Gasteiger partial charge in [-0.3, -0.25) is 10.1 Å². The van der Waals surface area contributed by atoms with E-state index in [1.165, 1.54) is 12.1 Å². The highest BCUT2D eigenvalue weighted by atomic mass is 79.9. The Morgan fingerprint density at radius 2 is 2.05 bits per heavy atom. The van der Waals surface area contributed by atoms with Gasteiger partial charge in [-0.05, 0) is 26.1 Å². The van der Waals surface area contributed by atoms with Crippen LogP contribution in [-0.2, 0) is 10.0 Å². The Kier molecular flexibility index (Phi) is 7.60. The smallest absolute Gasteiger partial charge is 0.290 e. The summed E-state index contributed by atoms with van der Waals surface area (Å²) < 4.78 is 26.8. The Hall–Kier alpha value is -0.740. The van der Waals surface area contributed by atoms with Crippen molar-refractivity contribution in [2.45, 2.75) is 17.9 Å². The van der Waals surface area contributed by atoms with E-state index in [1.54, 1.807) is 14.0 Å². The van der Waals surface area contributed by atoms with Crippen molar-refractivity contribution in [2.24, 2.45) is 0 Å². The van der Waals surface area contributed by atoms with E-state index in [0.29, 0.717) is 4.47 Å². The Labute approximate surface area is 131 Å². The number of nitro benzene ring substituents is 1. The average Bonchev–Trinajstić information content (AvgIpc) is 2.35. The summed E-state index contributed by atoms with van der Waals surface area (Å²) in [5.74, 6) is 0. The molecule has 0 heterocycles. The minimum absolute atomic E-state index is 0. The maximum atomic E-state index is 12.0. The number of rotatable bonds is 6. The molecule has 1 aromatic carbocycles. The third kappa shape index (κ3) is 4.98. The summed E-state index contributed by atoms with van der Waals surface area (Å²) >= 11 is 3.08. The highest BCUT2D eigenvalue weighted by Crippen LogP contribution is 2.27. The van der Waals surface area contributed by atoms with Crippen LogP contribution < -0.4 is 10.0 Å². The average molecular weight is 389 g/mol. The number of nitro groups is 1. The van der Waals surface area contributed by atoms with Crippen LogP contribution in [0.2, 0.25) is 0 Å². The van der Waals surface area contributed by atoms with Crippen molar-refractivity contribution in [3.05, 3.63) is 32.8 Å². The van der Waals surface area contributed by atoms with Gasteiger partial charge in [0.15, 0.2) is 4.90 Å². The molecule has 0 radical (unpaired) electrons. The first-order chi connectivity index (χ1) is 8.77. The zero-order valence-corrected chi connectivity index (χ0v) is 14.0. The van der Waals surface area contributed by atoms with E-state index in [-0.39, 0.29) is 29.9 Å². The third-order valence-corrected chi connectivity index (χ3v) is 4.44. The molecule has 1 rings (SSSR count). The summed E-state index contributed by atoms with van der Waals surface area (Å²) in [5.41, 5.74) is -0.459. The largest absolute Gasteiger partial charge is 0.316 e. The normalized spacial score (nSPS) is 12.6. The highest BCUT2D eigenvalue weighted by molar-refractivity contribution is 9.10. The number of nitrogens with one attached hydrogen (secondary N) is 2. The second-order valence-corrected chi connectivity index (χ2v) is 6.56. The molecule has 10 heteroatoms. The monoisotopic (exact) mass is 387 g/mol. The number of likely N-dealkylation sites (N-methyl/N-ethyl adjacent to an activating group) is 1. The van der Waals surface area contributed by atoms with Crippen LogP contribution in [0.4, 0.5) is 5.69 Å². The molecule has 1 aromatic rings. The molecule has 0 aliphatic rings. The zero-order chi connectivity index (χ0) is 14.6. The number of halogens is 2. The molecule has 7 nitrogen and oxygen atoms in total. The first-order valence-electron chi connectivity index (χ1n) is 5.39. The number of nitrogens with zero attached hydrogens (tertiary/aromatic N) is 1. The van der Waals surface area contributed by atoms with Crippen LogP contribution >= 0.6 is 28.3 Å². The van der Waals surface area contributed by atoms with Crippen molar-refractivity contribution in [3.63, 3.8) is 0 Å². The summed E-state index contributed by atoms with van der Waals surface area (Å²) in [6.07, 6.45) is 0. The molecule has 0 bridgehead atoms. The van der Waals surface area contributed by atoms with Gasteiger partial charge < -0.3 is 5.32 Å². The summed E-state index contributed by atoms with van der Waals surface area (Å²) in [6.45, 7) is 1.94. The maximum absolute atomic E-state index is 12.0. The SMILES string of the molecule is CNC(C)CNS(=O)(=O)c1ccc(Br)cc1[N+](=O)[O-].Cl. The van der Waals surface area contributed by atoms with Crippen molar-refractivity contribution in [1.29, 1.82) is 0 Å². The van der Waals surface area contributed by atoms with Crippen molar-refractivity contribution in [2.75, 3.05) is 13.6 Å². The molecule has 1 atom stereocenters. The second-order valence-electron chi connectivity index (χ2n) is 3.91. The molecule has 0 aliphatic carbocycles. The summed E-state index contributed by atoms with van der Waals surface area (Å²) in [6, 6.07) is 3.73. The molecule has 0 spiro atoms. The number of hydrogen-bond acceptors (Lipinski definition) is 5. The van der Waals surface area contributed by atoms with Gasteiger partial charge >= 0.3 is 0 Å². The molecular formula is C10H15BrClN3O4S. The lowest BCUT2D eigenvalue weighted by atomic mass is 10.3. The highest BCUT2D eigenvalue weighted by Gasteiger charge is 2.25. The number of hydrogen-bond donors (Lipinski definition) is 2. The molecule has 0 aliphatic heterocycles. The molecule has 1 unspecified atom stereocenters. The van der Waals surface area contributed by atoms with Gasteiger partial charge in [0, 0.05) is 23.1 Å². The second kappa shape index (κ2) is 7.89. The zero-order valence-electron chi connectivity index (χ0n) is 10.8. The van der Waals surface area contributed by atoms with Crippen molar-refractivity contribution in [3.8, 4) is 0 Å². The Balaban J connectivity index is 0.00000361. The van der Waals surface area contributed by atoms with E-state index in [2.05, 4.69) is 26.0 Å². The third-order valence-electron chi connectivity index (χ3n) is 2.48. The van der Waals surface area contributed by atoms with Gasteiger partial charge in [-0.2, -0.15) is 0 Å². The summed E-state index contributed by atoms with van der Waals surface area (Å²) in [5, 5.41) is 13.8. The van der Waals surface area contributed by atoms with Gasteiger partial charge in [0.1, 0.15) is 0 Å². The molecule has 0 saturated heterocycles. The predicted octanol–water partition coefficient (Wildman–Crippen LogP) is 1.67. The molecule has 0 aromatic heterocycles. The summed E-state index contributed by atoms with van der Waals surface area (Å²) in [4.78, 5) is 9.83. The molecule has 2 N–H and O–H groups in total. The van der Waals surface area contributed by atoms with Gasteiger partial charge in [-0.25, -0.2) is 13.1 Å². The van der Waals surface area contributed by atoms with Crippen LogP contribution in [0.25, 0.3) is 0 Å². The number of benzene rings is 1. The van der Waals surface area contributed by atoms with Gasteiger partial charge in [0.2, 0.25) is 10.0 Å². The molecular weight excluding hydrogens is 374 g/mol. The van der Waals surface area contributed by atoms with Crippen LogP contribution in [-0.4, -0.2) is 33.0 Å². The minimum atomic E-state index is -3.91.